The highest BCUT2D eigenvalue weighted by atomic mass is 16.2. The van der Waals surface area contributed by atoms with E-state index in [2.05, 4.69) is 5.32 Å². The lowest BCUT2D eigenvalue weighted by Gasteiger charge is -2.26. The summed E-state index contributed by atoms with van der Waals surface area (Å²) in [5.74, 6) is -0.342. The predicted molar refractivity (Wildman–Crippen MR) is 91.0 cm³/mol. The maximum absolute atomic E-state index is 12.8. The number of hydrogen-bond donors (Lipinski definition) is 1. The van der Waals surface area contributed by atoms with Gasteiger partial charge in [-0.05, 0) is 31.5 Å². The SMILES string of the molecule is CCN(CC)C(=O)[C@H](NC(=O)c1ccccc1)c1ccccc1. The molecule has 0 bridgehead atoms. The second-order valence-electron chi connectivity index (χ2n) is 5.19. The van der Waals surface area contributed by atoms with Crippen LogP contribution in [0.15, 0.2) is 60.7 Å². The smallest absolute Gasteiger partial charge is 0.252 e. The highest BCUT2D eigenvalue weighted by Gasteiger charge is 2.26. The molecule has 0 saturated carbocycles. The Kier molecular flexibility index (Phi) is 5.92. The van der Waals surface area contributed by atoms with Crippen molar-refractivity contribution in [2.24, 2.45) is 0 Å². The molecule has 2 aromatic carbocycles. The Labute approximate surface area is 137 Å². The van der Waals surface area contributed by atoms with Crippen molar-refractivity contribution in [1.82, 2.24) is 10.2 Å². The number of amides is 2. The Hall–Kier alpha value is -2.62. The molecule has 120 valence electrons. The molecule has 0 heterocycles. The summed E-state index contributed by atoms with van der Waals surface area (Å²) in [6.45, 7) is 5.09. The fraction of sp³-hybridized carbons (Fsp3) is 0.263. The van der Waals surface area contributed by atoms with Crippen LogP contribution in [-0.4, -0.2) is 29.8 Å². The zero-order chi connectivity index (χ0) is 16.7. The molecule has 4 nitrogen and oxygen atoms in total. The lowest BCUT2D eigenvalue weighted by molar-refractivity contribution is -0.133. The van der Waals surface area contributed by atoms with Gasteiger partial charge in [0.15, 0.2) is 0 Å². The number of benzene rings is 2. The average Bonchev–Trinajstić information content (AvgIpc) is 2.62. The highest BCUT2D eigenvalue weighted by molar-refractivity contribution is 5.97. The largest absolute Gasteiger partial charge is 0.341 e. The molecule has 0 spiro atoms. The molecule has 2 aromatic rings. The minimum Gasteiger partial charge on any atom is -0.341 e. The molecule has 23 heavy (non-hydrogen) atoms. The molecule has 2 rings (SSSR count). The van der Waals surface area contributed by atoms with Gasteiger partial charge in [0.2, 0.25) is 5.91 Å². The van der Waals surface area contributed by atoms with E-state index in [1.807, 2.05) is 50.2 Å². The molecule has 0 aliphatic heterocycles. The quantitative estimate of drug-likeness (QED) is 0.891. The molecular formula is C19H22N2O2. The first-order valence-corrected chi connectivity index (χ1v) is 7.87. The third-order valence-corrected chi connectivity index (χ3v) is 3.77. The number of hydrogen-bond acceptors (Lipinski definition) is 2. The summed E-state index contributed by atoms with van der Waals surface area (Å²) in [7, 11) is 0. The fourth-order valence-electron chi connectivity index (χ4n) is 2.45. The number of nitrogens with zero attached hydrogens (tertiary/aromatic N) is 1. The van der Waals surface area contributed by atoms with Crippen molar-refractivity contribution in [2.75, 3.05) is 13.1 Å². The van der Waals surface area contributed by atoms with E-state index >= 15 is 0 Å². The topological polar surface area (TPSA) is 49.4 Å². The van der Waals surface area contributed by atoms with Crippen LogP contribution in [0, 0.1) is 0 Å². The monoisotopic (exact) mass is 310 g/mol. The minimum absolute atomic E-state index is 0.0921. The maximum Gasteiger partial charge on any atom is 0.252 e. The van der Waals surface area contributed by atoms with Crippen LogP contribution < -0.4 is 5.32 Å². The second-order valence-corrected chi connectivity index (χ2v) is 5.19. The fourth-order valence-corrected chi connectivity index (χ4v) is 2.45. The van der Waals surface area contributed by atoms with Crippen molar-refractivity contribution in [1.29, 1.82) is 0 Å². The Bertz CT molecular complexity index is 637. The molecule has 0 fully saturated rings. The van der Waals surface area contributed by atoms with Crippen LogP contribution in [0.1, 0.15) is 35.8 Å². The first-order chi connectivity index (χ1) is 11.2. The van der Waals surface area contributed by atoms with Crippen LogP contribution in [0.5, 0.6) is 0 Å². The minimum atomic E-state index is -0.677. The van der Waals surface area contributed by atoms with Gasteiger partial charge in [0, 0.05) is 18.7 Å². The Morgan fingerprint density at radius 3 is 1.96 bits per heavy atom. The zero-order valence-corrected chi connectivity index (χ0v) is 13.5. The molecule has 4 heteroatoms. The maximum atomic E-state index is 12.8. The van der Waals surface area contributed by atoms with E-state index in [1.165, 1.54) is 0 Å². The molecule has 0 radical (unpaired) electrons. The molecule has 0 unspecified atom stereocenters. The number of carbonyl (C=O) groups excluding carboxylic acids is 2. The van der Waals surface area contributed by atoms with E-state index in [4.69, 9.17) is 0 Å². The van der Waals surface area contributed by atoms with Gasteiger partial charge < -0.3 is 10.2 Å². The van der Waals surface area contributed by atoms with Crippen LogP contribution in [0.2, 0.25) is 0 Å². The van der Waals surface area contributed by atoms with Gasteiger partial charge in [-0.1, -0.05) is 48.5 Å². The van der Waals surface area contributed by atoms with Crippen LogP contribution >= 0.6 is 0 Å². The van der Waals surface area contributed by atoms with Crippen LogP contribution in [0.25, 0.3) is 0 Å². The molecule has 0 saturated heterocycles. The first kappa shape index (κ1) is 16.7. The molecule has 0 aromatic heterocycles. The average molecular weight is 310 g/mol. The Morgan fingerprint density at radius 1 is 0.913 bits per heavy atom. The first-order valence-electron chi connectivity index (χ1n) is 7.87. The predicted octanol–water partition coefficient (Wildman–Crippen LogP) is 3.03. The summed E-state index contributed by atoms with van der Waals surface area (Å²) in [5, 5.41) is 2.87. The third-order valence-electron chi connectivity index (χ3n) is 3.77. The number of likely N-dealkylation sites (N-methyl/N-ethyl adjacent to an activating group) is 1. The number of rotatable bonds is 6. The van der Waals surface area contributed by atoms with Gasteiger partial charge in [-0.25, -0.2) is 0 Å². The molecule has 1 atom stereocenters. The summed E-state index contributed by atoms with van der Waals surface area (Å²) in [6, 6.07) is 17.6. The van der Waals surface area contributed by atoms with Crippen LogP contribution in [0.4, 0.5) is 0 Å². The van der Waals surface area contributed by atoms with Crippen molar-refractivity contribution >= 4 is 11.8 Å². The van der Waals surface area contributed by atoms with Gasteiger partial charge >= 0.3 is 0 Å². The van der Waals surface area contributed by atoms with Gasteiger partial charge in [0.05, 0.1) is 0 Å². The van der Waals surface area contributed by atoms with E-state index in [0.717, 1.165) is 5.56 Å². The number of carbonyl (C=O) groups is 2. The van der Waals surface area contributed by atoms with E-state index in [-0.39, 0.29) is 11.8 Å². The van der Waals surface area contributed by atoms with Gasteiger partial charge in [-0.15, -0.1) is 0 Å². The van der Waals surface area contributed by atoms with Crippen molar-refractivity contribution in [3.05, 3.63) is 71.8 Å². The number of nitrogens with one attached hydrogen (secondary N) is 1. The molecule has 1 N–H and O–H groups in total. The summed E-state index contributed by atoms with van der Waals surface area (Å²) in [4.78, 5) is 27.0. The molecule has 2 amide bonds. The molecule has 0 aliphatic rings. The van der Waals surface area contributed by atoms with E-state index in [0.29, 0.717) is 18.7 Å². The lowest BCUT2D eigenvalue weighted by atomic mass is 10.0. The van der Waals surface area contributed by atoms with E-state index in [1.54, 1.807) is 29.2 Å². The lowest BCUT2D eigenvalue weighted by Crippen LogP contribution is -2.42. The van der Waals surface area contributed by atoms with E-state index in [9.17, 15) is 9.59 Å². The normalized spacial score (nSPS) is 11.6. The van der Waals surface area contributed by atoms with Gasteiger partial charge in [0.25, 0.3) is 5.91 Å². The highest BCUT2D eigenvalue weighted by Crippen LogP contribution is 2.17. The van der Waals surface area contributed by atoms with Crippen molar-refractivity contribution < 1.29 is 9.59 Å². The zero-order valence-electron chi connectivity index (χ0n) is 13.5. The van der Waals surface area contributed by atoms with Crippen molar-refractivity contribution in [3.63, 3.8) is 0 Å². The standard InChI is InChI=1S/C19H22N2O2/c1-3-21(4-2)19(23)17(15-11-7-5-8-12-15)20-18(22)16-13-9-6-10-14-16/h5-14,17H,3-4H2,1-2H3,(H,20,22)/t17-/m1/s1. The summed E-state index contributed by atoms with van der Waals surface area (Å²) < 4.78 is 0. The third kappa shape index (κ3) is 4.19. The summed E-state index contributed by atoms with van der Waals surface area (Å²) >= 11 is 0. The summed E-state index contributed by atoms with van der Waals surface area (Å²) in [6.07, 6.45) is 0. The van der Waals surface area contributed by atoms with Gasteiger partial charge in [-0.3, -0.25) is 9.59 Å². The summed E-state index contributed by atoms with van der Waals surface area (Å²) in [5.41, 5.74) is 1.33. The van der Waals surface area contributed by atoms with Gasteiger partial charge in [0.1, 0.15) is 6.04 Å². The van der Waals surface area contributed by atoms with Crippen molar-refractivity contribution in [2.45, 2.75) is 19.9 Å². The van der Waals surface area contributed by atoms with Crippen LogP contribution in [0.3, 0.4) is 0 Å². The molecular weight excluding hydrogens is 288 g/mol. The molecule has 0 aliphatic carbocycles. The second kappa shape index (κ2) is 8.13. The van der Waals surface area contributed by atoms with Gasteiger partial charge in [-0.2, -0.15) is 0 Å². The van der Waals surface area contributed by atoms with Crippen LogP contribution in [-0.2, 0) is 4.79 Å². The van der Waals surface area contributed by atoms with Crippen molar-refractivity contribution in [3.8, 4) is 0 Å². The van der Waals surface area contributed by atoms with E-state index < -0.39 is 6.04 Å². The Balaban J connectivity index is 2.27. The Morgan fingerprint density at radius 2 is 1.43 bits per heavy atom.